The van der Waals surface area contributed by atoms with Gasteiger partial charge in [0.05, 0.1) is 5.92 Å². The molecule has 0 fully saturated rings. The van der Waals surface area contributed by atoms with Crippen LogP contribution in [0.15, 0.2) is 12.2 Å². The molecule has 0 aliphatic heterocycles. The summed E-state index contributed by atoms with van der Waals surface area (Å²) in [5.41, 5.74) is 0. The third-order valence-electron chi connectivity index (χ3n) is 3.15. The first-order chi connectivity index (χ1) is 8.15. The van der Waals surface area contributed by atoms with Crippen molar-refractivity contribution in [3.05, 3.63) is 12.2 Å². The quantitative estimate of drug-likeness (QED) is 0.696. The summed E-state index contributed by atoms with van der Waals surface area (Å²) in [5.74, 6) is -1.26. The maximum Gasteiger partial charge on any atom is 0.308 e. The van der Waals surface area contributed by atoms with Gasteiger partial charge in [-0.2, -0.15) is 0 Å². The van der Waals surface area contributed by atoms with E-state index in [1.165, 1.54) is 0 Å². The number of hydrogen-bond acceptors (Lipinski definition) is 2. The highest BCUT2D eigenvalue weighted by molar-refractivity contribution is 5.80. The second kappa shape index (κ2) is 7.09. The Labute approximate surface area is 102 Å². The Hall–Kier alpha value is -1.32. The monoisotopic (exact) mass is 239 g/mol. The van der Waals surface area contributed by atoms with Crippen molar-refractivity contribution < 1.29 is 14.7 Å². The molecule has 4 heteroatoms. The second-order valence-corrected chi connectivity index (χ2v) is 4.55. The fourth-order valence-corrected chi connectivity index (χ4v) is 2.06. The van der Waals surface area contributed by atoms with Gasteiger partial charge in [-0.25, -0.2) is 0 Å². The van der Waals surface area contributed by atoms with Crippen LogP contribution in [0.2, 0.25) is 0 Å². The zero-order valence-electron chi connectivity index (χ0n) is 10.3. The molecular weight excluding hydrogens is 218 g/mol. The van der Waals surface area contributed by atoms with Crippen LogP contribution in [-0.4, -0.2) is 23.5 Å². The summed E-state index contributed by atoms with van der Waals surface area (Å²) in [6.45, 7) is 2.20. The van der Waals surface area contributed by atoms with Gasteiger partial charge in [0.15, 0.2) is 0 Å². The van der Waals surface area contributed by atoms with Crippen molar-refractivity contribution in [3.8, 4) is 0 Å². The maximum atomic E-state index is 11.8. The molecule has 0 aromatic carbocycles. The van der Waals surface area contributed by atoms with E-state index in [0.29, 0.717) is 6.42 Å². The summed E-state index contributed by atoms with van der Waals surface area (Å²) in [6.07, 6.45) is 8.12. The van der Waals surface area contributed by atoms with Gasteiger partial charge in [0.1, 0.15) is 0 Å². The minimum absolute atomic E-state index is 0.00305. The van der Waals surface area contributed by atoms with Gasteiger partial charge in [0.25, 0.3) is 0 Å². The predicted molar refractivity (Wildman–Crippen MR) is 65.5 cm³/mol. The van der Waals surface area contributed by atoms with Gasteiger partial charge in [0.2, 0.25) is 5.91 Å². The average molecular weight is 239 g/mol. The highest BCUT2D eigenvalue weighted by Gasteiger charge is 2.21. The van der Waals surface area contributed by atoms with Crippen molar-refractivity contribution in [1.29, 1.82) is 0 Å². The van der Waals surface area contributed by atoms with E-state index in [1.807, 2.05) is 13.0 Å². The zero-order chi connectivity index (χ0) is 12.7. The lowest BCUT2D eigenvalue weighted by Crippen LogP contribution is -2.37. The van der Waals surface area contributed by atoms with Gasteiger partial charge in [0, 0.05) is 12.5 Å². The Morgan fingerprint density at radius 2 is 2.24 bits per heavy atom. The molecule has 2 unspecified atom stereocenters. The first-order valence-electron chi connectivity index (χ1n) is 6.30. The number of aliphatic carboxylic acids is 1. The Morgan fingerprint density at radius 3 is 2.76 bits per heavy atom. The molecule has 2 N–H and O–H groups in total. The molecule has 0 bridgehead atoms. The Balaban J connectivity index is 2.35. The molecule has 0 saturated heterocycles. The van der Waals surface area contributed by atoms with Crippen molar-refractivity contribution in [1.82, 2.24) is 5.32 Å². The topological polar surface area (TPSA) is 66.4 Å². The van der Waals surface area contributed by atoms with E-state index >= 15 is 0 Å². The standard InChI is InChI=1S/C13H21NO3/c1-2-6-11(13(16)17)9-14-12(15)10-7-4-3-5-8-10/h3-4,10-11H,2,5-9H2,1H3,(H,14,15)(H,16,17). The summed E-state index contributed by atoms with van der Waals surface area (Å²) in [6, 6.07) is 0. The third-order valence-corrected chi connectivity index (χ3v) is 3.15. The third kappa shape index (κ3) is 4.59. The molecule has 1 aliphatic carbocycles. The lowest BCUT2D eigenvalue weighted by Gasteiger charge is -2.19. The maximum absolute atomic E-state index is 11.8. The zero-order valence-corrected chi connectivity index (χ0v) is 10.3. The van der Waals surface area contributed by atoms with Crippen LogP contribution in [0.25, 0.3) is 0 Å². The minimum atomic E-state index is -0.823. The average Bonchev–Trinajstić information content (AvgIpc) is 2.34. The summed E-state index contributed by atoms with van der Waals surface area (Å²) in [4.78, 5) is 22.7. The molecule has 1 aliphatic rings. The van der Waals surface area contributed by atoms with Crippen LogP contribution in [-0.2, 0) is 9.59 Å². The lowest BCUT2D eigenvalue weighted by atomic mass is 9.93. The van der Waals surface area contributed by atoms with Crippen molar-refractivity contribution in [2.75, 3.05) is 6.54 Å². The SMILES string of the molecule is CCCC(CNC(=O)C1CC=CCC1)C(=O)O. The minimum Gasteiger partial charge on any atom is -0.481 e. The van der Waals surface area contributed by atoms with Crippen molar-refractivity contribution in [3.63, 3.8) is 0 Å². The van der Waals surface area contributed by atoms with Crippen molar-refractivity contribution in [2.45, 2.75) is 39.0 Å². The fraction of sp³-hybridized carbons (Fsp3) is 0.692. The molecule has 2 atom stereocenters. The summed E-state index contributed by atoms with van der Waals surface area (Å²) >= 11 is 0. The van der Waals surface area contributed by atoms with Crippen molar-refractivity contribution >= 4 is 11.9 Å². The molecule has 4 nitrogen and oxygen atoms in total. The molecule has 1 amide bonds. The van der Waals surface area contributed by atoms with Gasteiger partial charge in [-0.1, -0.05) is 25.5 Å². The van der Waals surface area contributed by atoms with E-state index in [9.17, 15) is 9.59 Å². The molecule has 0 aromatic heterocycles. The molecule has 0 saturated carbocycles. The van der Waals surface area contributed by atoms with Gasteiger partial charge in [-0.15, -0.1) is 0 Å². The van der Waals surface area contributed by atoms with Crippen LogP contribution < -0.4 is 5.32 Å². The van der Waals surface area contributed by atoms with Crippen LogP contribution in [0.5, 0.6) is 0 Å². The molecule has 1 rings (SSSR count). The van der Waals surface area contributed by atoms with E-state index in [1.54, 1.807) is 0 Å². The van der Waals surface area contributed by atoms with Crippen LogP contribution in [0, 0.1) is 11.8 Å². The number of carboxylic acid groups (broad SMARTS) is 1. The summed E-state index contributed by atoms with van der Waals surface area (Å²) in [5, 5.41) is 11.7. The highest BCUT2D eigenvalue weighted by Crippen LogP contribution is 2.18. The first-order valence-corrected chi connectivity index (χ1v) is 6.30. The van der Waals surface area contributed by atoms with E-state index in [2.05, 4.69) is 11.4 Å². The molecule has 0 spiro atoms. The Kier molecular flexibility index (Phi) is 5.73. The lowest BCUT2D eigenvalue weighted by molar-refractivity contribution is -0.142. The molecule has 0 heterocycles. The predicted octanol–water partition coefficient (Wildman–Crippen LogP) is 1.96. The largest absolute Gasteiger partial charge is 0.481 e. The number of carbonyl (C=O) groups is 2. The van der Waals surface area contributed by atoms with Crippen molar-refractivity contribution in [2.24, 2.45) is 11.8 Å². The van der Waals surface area contributed by atoms with Crippen LogP contribution >= 0.6 is 0 Å². The summed E-state index contributed by atoms with van der Waals surface area (Å²) in [7, 11) is 0. The normalized spacial score (nSPS) is 20.9. The molecule has 0 radical (unpaired) electrons. The van der Waals surface area contributed by atoms with E-state index in [4.69, 9.17) is 5.11 Å². The smallest absolute Gasteiger partial charge is 0.308 e. The molecule has 0 aromatic rings. The number of carbonyl (C=O) groups excluding carboxylic acids is 1. The Bertz CT molecular complexity index is 299. The summed E-state index contributed by atoms with van der Waals surface area (Å²) < 4.78 is 0. The van der Waals surface area contributed by atoms with E-state index < -0.39 is 11.9 Å². The van der Waals surface area contributed by atoms with Gasteiger partial charge in [-0.05, 0) is 25.7 Å². The number of nitrogens with one attached hydrogen (secondary N) is 1. The van der Waals surface area contributed by atoms with Gasteiger partial charge in [-0.3, -0.25) is 9.59 Å². The van der Waals surface area contributed by atoms with Gasteiger partial charge < -0.3 is 10.4 Å². The first kappa shape index (κ1) is 13.7. The number of allylic oxidation sites excluding steroid dienone is 2. The molecule has 96 valence electrons. The van der Waals surface area contributed by atoms with Crippen LogP contribution in [0.1, 0.15) is 39.0 Å². The highest BCUT2D eigenvalue weighted by atomic mass is 16.4. The second-order valence-electron chi connectivity index (χ2n) is 4.55. The number of carboxylic acids is 1. The Morgan fingerprint density at radius 1 is 1.47 bits per heavy atom. The number of amides is 1. The number of hydrogen-bond donors (Lipinski definition) is 2. The van der Waals surface area contributed by atoms with Crippen LogP contribution in [0.3, 0.4) is 0 Å². The molecular formula is C13H21NO3. The molecule has 17 heavy (non-hydrogen) atoms. The van der Waals surface area contributed by atoms with Gasteiger partial charge >= 0.3 is 5.97 Å². The number of rotatable bonds is 6. The fourth-order valence-electron chi connectivity index (χ4n) is 2.06. The van der Waals surface area contributed by atoms with Crippen LogP contribution in [0.4, 0.5) is 0 Å². The van der Waals surface area contributed by atoms with E-state index in [0.717, 1.165) is 25.7 Å². The van der Waals surface area contributed by atoms with E-state index in [-0.39, 0.29) is 18.4 Å².